The van der Waals surface area contributed by atoms with Gasteiger partial charge in [-0.2, -0.15) is 0 Å². The summed E-state index contributed by atoms with van der Waals surface area (Å²) in [5.74, 6) is -0.0840. The Labute approximate surface area is 165 Å². The number of aromatic nitrogens is 3. The molecule has 0 saturated heterocycles. The van der Waals surface area contributed by atoms with E-state index in [0.717, 1.165) is 19.2 Å². The topological polar surface area (TPSA) is 93.9 Å². The first kappa shape index (κ1) is 19.6. The quantitative estimate of drug-likeness (QED) is 0.561. The largest absolute Gasteiger partial charge is 0.325 e. The third-order valence-electron chi connectivity index (χ3n) is 3.64. The lowest BCUT2D eigenvalue weighted by atomic mass is 10.3. The number of thioether (sulfide) groups is 1. The number of amides is 1. The molecule has 0 atom stereocenters. The second-order valence-electron chi connectivity index (χ2n) is 5.77. The van der Waals surface area contributed by atoms with Gasteiger partial charge in [0.2, 0.25) is 5.91 Å². The van der Waals surface area contributed by atoms with Crippen molar-refractivity contribution in [2.75, 3.05) is 17.3 Å². The van der Waals surface area contributed by atoms with E-state index < -0.39 is 9.84 Å². The Balaban J connectivity index is 1.55. The summed E-state index contributed by atoms with van der Waals surface area (Å²) >= 11 is 3.00. The highest BCUT2D eigenvalue weighted by Gasteiger charge is 2.11. The maximum atomic E-state index is 12.2. The third kappa shape index (κ3) is 5.65. The zero-order valence-electron chi connectivity index (χ0n) is 14.5. The van der Waals surface area contributed by atoms with Crippen molar-refractivity contribution in [3.63, 3.8) is 0 Å². The number of rotatable bonds is 8. The predicted molar refractivity (Wildman–Crippen MR) is 107 cm³/mol. The van der Waals surface area contributed by atoms with Gasteiger partial charge in [0.05, 0.1) is 10.6 Å². The number of aryl methyl sites for hydroxylation is 2. The first-order valence-electron chi connectivity index (χ1n) is 8.05. The number of nitrogens with zero attached hydrogens (tertiary/aromatic N) is 3. The Hall–Kier alpha value is -2.17. The molecule has 142 valence electrons. The average molecular weight is 423 g/mol. The van der Waals surface area contributed by atoms with Gasteiger partial charge in [-0.05, 0) is 36.1 Å². The van der Waals surface area contributed by atoms with Gasteiger partial charge in [-0.15, -0.1) is 21.5 Å². The molecule has 0 bridgehead atoms. The van der Waals surface area contributed by atoms with Crippen LogP contribution < -0.4 is 5.32 Å². The minimum absolute atomic E-state index is 0.154. The zero-order valence-corrected chi connectivity index (χ0v) is 17.0. The van der Waals surface area contributed by atoms with Gasteiger partial charge in [0.1, 0.15) is 6.33 Å². The van der Waals surface area contributed by atoms with Gasteiger partial charge in [0.25, 0.3) is 0 Å². The lowest BCUT2D eigenvalue weighted by molar-refractivity contribution is -0.113. The van der Waals surface area contributed by atoms with Gasteiger partial charge in [0, 0.05) is 23.4 Å². The summed E-state index contributed by atoms with van der Waals surface area (Å²) in [6.45, 7) is 0.744. The fourth-order valence-corrected chi connectivity index (χ4v) is 4.43. The molecular formula is C17H18N4O3S3. The fourth-order valence-electron chi connectivity index (χ4n) is 2.33. The molecule has 2 aromatic heterocycles. The smallest absolute Gasteiger partial charge is 0.234 e. The number of carbonyl (C=O) groups excluding carboxylic acids is 1. The van der Waals surface area contributed by atoms with Crippen LogP contribution in [0, 0.1) is 0 Å². The van der Waals surface area contributed by atoms with Crippen molar-refractivity contribution in [1.82, 2.24) is 14.8 Å². The Morgan fingerprint density at radius 3 is 2.89 bits per heavy atom. The molecule has 0 unspecified atom stereocenters. The summed E-state index contributed by atoms with van der Waals surface area (Å²) in [7, 11) is -3.32. The van der Waals surface area contributed by atoms with Crippen LogP contribution in [0.15, 0.2) is 58.2 Å². The van der Waals surface area contributed by atoms with Gasteiger partial charge in [0.15, 0.2) is 15.0 Å². The molecule has 3 aromatic rings. The van der Waals surface area contributed by atoms with Crippen LogP contribution in [0.25, 0.3) is 0 Å². The molecule has 0 aliphatic heterocycles. The molecule has 0 fully saturated rings. The van der Waals surface area contributed by atoms with Crippen LogP contribution in [-0.2, 0) is 27.6 Å². The van der Waals surface area contributed by atoms with Gasteiger partial charge >= 0.3 is 0 Å². The molecule has 0 aliphatic carbocycles. The highest BCUT2D eigenvalue weighted by molar-refractivity contribution is 7.99. The molecule has 27 heavy (non-hydrogen) atoms. The maximum Gasteiger partial charge on any atom is 0.234 e. The van der Waals surface area contributed by atoms with E-state index in [1.165, 1.54) is 28.8 Å². The van der Waals surface area contributed by atoms with Crippen molar-refractivity contribution in [3.05, 3.63) is 53.0 Å². The second-order valence-corrected chi connectivity index (χ2v) is 9.76. The van der Waals surface area contributed by atoms with Crippen LogP contribution in [0.4, 0.5) is 5.69 Å². The van der Waals surface area contributed by atoms with Gasteiger partial charge < -0.3 is 9.88 Å². The number of anilines is 1. The van der Waals surface area contributed by atoms with Gasteiger partial charge in [-0.25, -0.2) is 8.42 Å². The molecule has 0 radical (unpaired) electrons. The number of hydrogen-bond acceptors (Lipinski definition) is 7. The maximum absolute atomic E-state index is 12.2. The molecule has 2 heterocycles. The Kier molecular flexibility index (Phi) is 6.30. The standard InChI is InChI=1S/C17H18N4O3S3/c1-27(23,24)15-6-2-4-13(10-15)19-16(22)11-26-17-20-18-12-21(17)8-7-14-5-3-9-25-14/h2-6,9-10,12H,7-8,11H2,1H3,(H,19,22). The predicted octanol–water partition coefficient (Wildman–Crippen LogP) is 2.72. The molecular weight excluding hydrogens is 404 g/mol. The molecule has 10 heteroatoms. The highest BCUT2D eigenvalue weighted by atomic mass is 32.2. The minimum Gasteiger partial charge on any atom is -0.325 e. The van der Waals surface area contributed by atoms with E-state index in [4.69, 9.17) is 0 Å². The summed E-state index contributed by atoms with van der Waals surface area (Å²) < 4.78 is 25.1. The minimum atomic E-state index is -3.32. The fraction of sp³-hybridized carbons (Fsp3) is 0.235. The van der Waals surface area contributed by atoms with Crippen LogP contribution in [0.1, 0.15) is 4.88 Å². The number of hydrogen-bond donors (Lipinski definition) is 1. The summed E-state index contributed by atoms with van der Waals surface area (Å²) in [5, 5.41) is 13.4. The van der Waals surface area contributed by atoms with Crippen LogP contribution in [0.2, 0.25) is 0 Å². The first-order chi connectivity index (χ1) is 12.9. The van der Waals surface area contributed by atoms with E-state index in [1.54, 1.807) is 29.8 Å². The molecule has 1 N–H and O–H groups in total. The zero-order chi connectivity index (χ0) is 19.3. The Morgan fingerprint density at radius 2 is 2.15 bits per heavy atom. The number of sulfone groups is 1. The van der Waals surface area contributed by atoms with E-state index in [1.807, 2.05) is 16.0 Å². The third-order valence-corrected chi connectivity index (χ3v) is 6.66. The summed E-state index contributed by atoms with van der Waals surface area (Å²) in [4.78, 5) is 13.6. The normalized spacial score (nSPS) is 11.4. The van der Waals surface area contributed by atoms with Crippen LogP contribution >= 0.6 is 23.1 Å². The van der Waals surface area contributed by atoms with Crippen molar-refractivity contribution in [3.8, 4) is 0 Å². The van der Waals surface area contributed by atoms with E-state index in [9.17, 15) is 13.2 Å². The Morgan fingerprint density at radius 1 is 1.30 bits per heavy atom. The van der Waals surface area contributed by atoms with E-state index in [-0.39, 0.29) is 16.6 Å². The van der Waals surface area contributed by atoms with Crippen LogP contribution in [0.3, 0.4) is 0 Å². The second kappa shape index (κ2) is 8.68. The van der Waals surface area contributed by atoms with Gasteiger partial charge in [-0.3, -0.25) is 4.79 Å². The van der Waals surface area contributed by atoms with Gasteiger partial charge in [-0.1, -0.05) is 23.9 Å². The number of benzene rings is 1. The molecule has 1 aromatic carbocycles. The van der Waals surface area contributed by atoms with Crippen LogP contribution in [-0.4, -0.2) is 41.1 Å². The lowest BCUT2D eigenvalue weighted by Gasteiger charge is -2.07. The highest BCUT2D eigenvalue weighted by Crippen LogP contribution is 2.19. The van der Waals surface area contributed by atoms with Crippen LogP contribution in [0.5, 0.6) is 0 Å². The molecule has 0 saturated carbocycles. The molecule has 0 spiro atoms. The average Bonchev–Trinajstić information content (AvgIpc) is 3.29. The van der Waals surface area contributed by atoms with E-state index in [0.29, 0.717) is 10.8 Å². The molecule has 0 aliphatic rings. The van der Waals surface area contributed by atoms with E-state index in [2.05, 4.69) is 21.6 Å². The number of carbonyl (C=O) groups is 1. The number of thiophene rings is 1. The lowest BCUT2D eigenvalue weighted by Crippen LogP contribution is -2.15. The summed E-state index contributed by atoms with van der Waals surface area (Å²) in [6.07, 6.45) is 3.67. The van der Waals surface area contributed by atoms with E-state index >= 15 is 0 Å². The van der Waals surface area contributed by atoms with Crippen molar-refractivity contribution >= 4 is 44.5 Å². The number of nitrogens with one attached hydrogen (secondary N) is 1. The SMILES string of the molecule is CS(=O)(=O)c1cccc(NC(=O)CSc2nncn2CCc2cccs2)c1. The van der Waals surface area contributed by atoms with Crippen molar-refractivity contribution in [1.29, 1.82) is 0 Å². The summed E-state index contributed by atoms with van der Waals surface area (Å²) in [5.41, 5.74) is 0.447. The van der Waals surface area contributed by atoms with Crippen molar-refractivity contribution < 1.29 is 13.2 Å². The monoisotopic (exact) mass is 422 g/mol. The molecule has 7 nitrogen and oxygen atoms in total. The van der Waals surface area contributed by atoms with Crippen molar-refractivity contribution in [2.45, 2.75) is 23.0 Å². The first-order valence-corrected chi connectivity index (χ1v) is 11.8. The summed E-state index contributed by atoms with van der Waals surface area (Å²) in [6, 6.07) is 10.3. The molecule has 3 rings (SSSR count). The van der Waals surface area contributed by atoms with Crippen molar-refractivity contribution in [2.24, 2.45) is 0 Å². The molecule has 1 amide bonds. The Bertz CT molecular complexity index is 1010.